The van der Waals surface area contributed by atoms with E-state index in [2.05, 4.69) is 12.2 Å². The Morgan fingerprint density at radius 1 is 1.28 bits per heavy atom. The Morgan fingerprint density at radius 2 is 1.89 bits per heavy atom. The second-order valence-corrected chi connectivity index (χ2v) is 5.18. The molecule has 0 aliphatic heterocycles. The van der Waals surface area contributed by atoms with E-state index in [0.29, 0.717) is 0 Å². The Balaban J connectivity index is 2.73. The second-order valence-electron chi connectivity index (χ2n) is 5.18. The minimum Gasteiger partial charge on any atom is -0.315 e. The van der Waals surface area contributed by atoms with Crippen molar-refractivity contribution < 1.29 is 13.2 Å². The van der Waals surface area contributed by atoms with Gasteiger partial charge in [-0.05, 0) is 32.7 Å². The Morgan fingerprint density at radius 3 is 2.22 bits per heavy atom. The zero-order chi connectivity index (χ0) is 13.8. The Kier molecular flexibility index (Phi) is 5.92. The van der Waals surface area contributed by atoms with Crippen molar-refractivity contribution in [1.82, 2.24) is 10.2 Å². The van der Waals surface area contributed by atoms with E-state index >= 15 is 0 Å². The molecule has 0 spiro atoms. The monoisotopic (exact) mass is 266 g/mol. The summed E-state index contributed by atoms with van der Waals surface area (Å²) in [4.78, 5) is 1.68. The molecule has 1 saturated carbocycles. The van der Waals surface area contributed by atoms with Gasteiger partial charge in [0.25, 0.3) is 0 Å². The fourth-order valence-electron chi connectivity index (χ4n) is 2.72. The molecule has 2 atom stereocenters. The molecular formula is C13H25F3N2. The van der Waals surface area contributed by atoms with Crippen LogP contribution in [0.4, 0.5) is 13.2 Å². The van der Waals surface area contributed by atoms with Gasteiger partial charge < -0.3 is 5.32 Å². The first-order valence-electron chi connectivity index (χ1n) is 6.92. The van der Waals surface area contributed by atoms with E-state index in [1.807, 2.05) is 14.0 Å². The molecule has 0 bridgehead atoms. The molecule has 1 N–H and O–H groups in total. The van der Waals surface area contributed by atoms with Crippen LogP contribution in [0.25, 0.3) is 0 Å². The summed E-state index contributed by atoms with van der Waals surface area (Å²) in [5.41, 5.74) is 0. The number of hydrogen-bond acceptors (Lipinski definition) is 2. The molecule has 2 unspecified atom stereocenters. The smallest absolute Gasteiger partial charge is 0.315 e. The van der Waals surface area contributed by atoms with Gasteiger partial charge in [-0.15, -0.1) is 0 Å². The zero-order valence-electron chi connectivity index (χ0n) is 11.6. The van der Waals surface area contributed by atoms with Crippen LogP contribution in [0.3, 0.4) is 0 Å². The SMILES string of the molecule is CCCC(NC)C(CC)N(CC(F)(F)F)C1CC1. The normalized spacial score (nSPS) is 20.2. The fraction of sp³-hybridized carbons (Fsp3) is 1.00. The van der Waals surface area contributed by atoms with Crippen molar-refractivity contribution in [3.63, 3.8) is 0 Å². The Bertz CT molecular complexity index is 239. The minimum absolute atomic E-state index is 0.0101. The molecule has 1 rings (SSSR count). The molecule has 1 aliphatic rings. The molecule has 5 heteroatoms. The molecule has 0 aromatic heterocycles. The lowest BCUT2D eigenvalue weighted by Crippen LogP contribution is -2.52. The van der Waals surface area contributed by atoms with E-state index in [1.54, 1.807) is 4.90 Å². The van der Waals surface area contributed by atoms with Gasteiger partial charge in [-0.25, -0.2) is 0 Å². The van der Waals surface area contributed by atoms with E-state index in [4.69, 9.17) is 0 Å². The summed E-state index contributed by atoms with van der Waals surface area (Å²) >= 11 is 0. The number of nitrogens with one attached hydrogen (secondary N) is 1. The maximum Gasteiger partial charge on any atom is 0.401 e. The van der Waals surface area contributed by atoms with E-state index in [-0.39, 0.29) is 18.1 Å². The van der Waals surface area contributed by atoms with E-state index < -0.39 is 12.7 Å². The molecule has 0 heterocycles. The van der Waals surface area contributed by atoms with Crippen LogP contribution < -0.4 is 5.32 Å². The van der Waals surface area contributed by atoms with E-state index in [9.17, 15) is 13.2 Å². The first-order valence-corrected chi connectivity index (χ1v) is 6.92. The fourth-order valence-corrected chi connectivity index (χ4v) is 2.72. The topological polar surface area (TPSA) is 15.3 Å². The van der Waals surface area contributed by atoms with Crippen molar-refractivity contribution in [2.24, 2.45) is 0 Å². The third kappa shape index (κ3) is 4.76. The number of alkyl halides is 3. The summed E-state index contributed by atoms with van der Waals surface area (Å²) in [6, 6.07) is 0.288. The molecule has 18 heavy (non-hydrogen) atoms. The van der Waals surface area contributed by atoms with Crippen molar-refractivity contribution in [1.29, 1.82) is 0 Å². The summed E-state index contributed by atoms with van der Waals surface area (Å²) in [6.07, 6.45) is 0.408. The highest BCUT2D eigenvalue weighted by Crippen LogP contribution is 2.33. The van der Waals surface area contributed by atoms with E-state index in [1.165, 1.54) is 0 Å². The van der Waals surface area contributed by atoms with Crippen LogP contribution in [0.5, 0.6) is 0 Å². The summed E-state index contributed by atoms with van der Waals surface area (Å²) in [7, 11) is 1.85. The van der Waals surface area contributed by atoms with Gasteiger partial charge in [0.2, 0.25) is 0 Å². The van der Waals surface area contributed by atoms with Crippen molar-refractivity contribution in [3.05, 3.63) is 0 Å². The maximum absolute atomic E-state index is 12.7. The van der Waals surface area contributed by atoms with Gasteiger partial charge in [0.1, 0.15) is 0 Å². The number of hydrogen-bond donors (Lipinski definition) is 1. The average Bonchev–Trinajstić information content (AvgIpc) is 3.09. The van der Waals surface area contributed by atoms with Gasteiger partial charge in [0.15, 0.2) is 0 Å². The van der Waals surface area contributed by atoms with Crippen LogP contribution in [0.15, 0.2) is 0 Å². The van der Waals surface area contributed by atoms with Gasteiger partial charge in [-0.2, -0.15) is 13.2 Å². The van der Waals surface area contributed by atoms with Crippen LogP contribution in [-0.4, -0.2) is 42.8 Å². The zero-order valence-corrected chi connectivity index (χ0v) is 11.6. The highest BCUT2D eigenvalue weighted by molar-refractivity contribution is 4.93. The third-order valence-electron chi connectivity index (χ3n) is 3.66. The first kappa shape index (κ1) is 15.8. The molecular weight excluding hydrogens is 241 g/mol. The molecule has 0 aromatic rings. The molecule has 0 radical (unpaired) electrons. The van der Waals surface area contributed by atoms with Crippen molar-refractivity contribution in [2.45, 2.75) is 70.3 Å². The summed E-state index contributed by atoms with van der Waals surface area (Å²) in [5.74, 6) is 0. The lowest BCUT2D eigenvalue weighted by Gasteiger charge is -2.37. The van der Waals surface area contributed by atoms with Crippen molar-refractivity contribution in [2.75, 3.05) is 13.6 Å². The molecule has 2 nitrogen and oxygen atoms in total. The minimum atomic E-state index is -4.10. The van der Waals surface area contributed by atoms with Crippen LogP contribution in [-0.2, 0) is 0 Å². The van der Waals surface area contributed by atoms with Gasteiger partial charge in [0, 0.05) is 18.1 Å². The van der Waals surface area contributed by atoms with Crippen molar-refractivity contribution in [3.8, 4) is 0 Å². The molecule has 0 amide bonds. The predicted octanol–water partition coefficient (Wildman–Crippen LogP) is 3.18. The third-order valence-corrected chi connectivity index (χ3v) is 3.66. The molecule has 1 fully saturated rings. The number of rotatable bonds is 8. The average molecular weight is 266 g/mol. The molecule has 0 aromatic carbocycles. The number of likely N-dealkylation sites (N-methyl/N-ethyl adjacent to an activating group) is 1. The van der Waals surface area contributed by atoms with Crippen LogP contribution in [0.2, 0.25) is 0 Å². The summed E-state index contributed by atoms with van der Waals surface area (Å²) in [6.45, 7) is 3.29. The van der Waals surface area contributed by atoms with Crippen LogP contribution in [0.1, 0.15) is 46.0 Å². The molecule has 1 aliphatic carbocycles. The van der Waals surface area contributed by atoms with Crippen molar-refractivity contribution >= 4 is 0 Å². The Labute approximate surface area is 108 Å². The summed E-state index contributed by atoms with van der Waals surface area (Å²) < 4.78 is 38.0. The first-order chi connectivity index (χ1) is 8.42. The largest absolute Gasteiger partial charge is 0.401 e. The lowest BCUT2D eigenvalue weighted by molar-refractivity contribution is -0.154. The van der Waals surface area contributed by atoms with Gasteiger partial charge in [0.05, 0.1) is 6.54 Å². The van der Waals surface area contributed by atoms with Crippen LogP contribution >= 0.6 is 0 Å². The predicted molar refractivity (Wildman–Crippen MR) is 67.6 cm³/mol. The highest BCUT2D eigenvalue weighted by Gasteiger charge is 2.42. The maximum atomic E-state index is 12.7. The number of nitrogens with zero attached hydrogens (tertiary/aromatic N) is 1. The van der Waals surface area contributed by atoms with Gasteiger partial charge >= 0.3 is 6.18 Å². The molecule has 108 valence electrons. The highest BCUT2D eigenvalue weighted by atomic mass is 19.4. The Hall–Kier alpha value is -0.290. The van der Waals surface area contributed by atoms with Gasteiger partial charge in [-0.1, -0.05) is 20.3 Å². The number of halogens is 3. The molecule has 0 saturated heterocycles. The second kappa shape index (κ2) is 6.75. The van der Waals surface area contributed by atoms with Crippen LogP contribution in [0, 0.1) is 0 Å². The standard InChI is InChI=1S/C13H25F3N2/c1-4-6-11(17-3)12(5-2)18(10-7-8-10)9-13(14,15)16/h10-12,17H,4-9H2,1-3H3. The van der Waals surface area contributed by atoms with Gasteiger partial charge in [-0.3, -0.25) is 4.90 Å². The summed E-state index contributed by atoms with van der Waals surface area (Å²) in [5, 5.41) is 3.19. The van der Waals surface area contributed by atoms with E-state index in [0.717, 1.165) is 32.1 Å². The quantitative estimate of drug-likeness (QED) is 0.726. The lowest BCUT2D eigenvalue weighted by atomic mass is 9.99.